The summed E-state index contributed by atoms with van der Waals surface area (Å²) in [7, 11) is 0. The van der Waals surface area contributed by atoms with Crippen molar-refractivity contribution in [2.75, 3.05) is 50.0 Å². The van der Waals surface area contributed by atoms with Crippen LogP contribution in [0.4, 0.5) is 5.69 Å². The third-order valence-corrected chi connectivity index (χ3v) is 5.79. The summed E-state index contributed by atoms with van der Waals surface area (Å²) in [5.74, 6) is 1.87. The van der Waals surface area contributed by atoms with E-state index in [0.29, 0.717) is 13.2 Å². The van der Waals surface area contributed by atoms with Crippen LogP contribution in [-0.4, -0.2) is 55.9 Å². The molecule has 6 heteroatoms. The number of nitrogens with two attached hydrogens (primary N) is 1. The highest BCUT2D eigenvalue weighted by molar-refractivity contribution is 7.99. The molecule has 1 aliphatic heterocycles. The summed E-state index contributed by atoms with van der Waals surface area (Å²) in [6.45, 7) is 6.59. The first-order valence-corrected chi connectivity index (χ1v) is 10.9. The second-order valence-electron chi connectivity index (χ2n) is 6.72. The molecule has 0 atom stereocenters. The highest BCUT2D eigenvalue weighted by atomic mass is 32.2. The van der Waals surface area contributed by atoms with Gasteiger partial charge < -0.3 is 20.3 Å². The van der Waals surface area contributed by atoms with Crippen molar-refractivity contribution in [1.29, 1.82) is 0 Å². The van der Waals surface area contributed by atoms with Crippen molar-refractivity contribution >= 4 is 23.4 Å². The van der Waals surface area contributed by atoms with Crippen molar-refractivity contribution in [3.63, 3.8) is 0 Å². The number of carbonyl (C=O) groups is 1. The Morgan fingerprint density at radius 1 is 1.11 bits per heavy atom. The summed E-state index contributed by atoms with van der Waals surface area (Å²) in [4.78, 5) is 18.4. The van der Waals surface area contributed by atoms with E-state index in [2.05, 4.69) is 17.0 Å². The molecular formula is C22H29N3O2S. The van der Waals surface area contributed by atoms with Crippen LogP contribution in [0.2, 0.25) is 0 Å². The molecular weight excluding hydrogens is 370 g/mol. The average molecular weight is 400 g/mol. The van der Waals surface area contributed by atoms with E-state index < -0.39 is 0 Å². The Balaban J connectivity index is 1.62. The van der Waals surface area contributed by atoms with Crippen LogP contribution in [-0.2, 0) is 0 Å². The number of amides is 1. The quantitative estimate of drug-likeness (QED) is 0.722. The number of hydrogen-bond donors (Lipinski definition) is 1. The lowest BCUT2D eigenvalue weighted by Crippen LogP contribution is -2.35. The van der Waals surface area contributed by atoms with Gasteiger partial charge in [0, 0.05) is 54.6 Å². The molecule has 1 amide bonds. The summed E-state index contributed by atoms with van der Waals surface area (Å²) < 4.78 is 5.52. The molecule has 2 N–H and O–H groups in total. The number of anilines is 1. The fourth-order valence-electron chi connectivity index (χ4n) is 3.38. The molecule has 150 valence electrons. The van der Waals surface area contributed by atoms with Crippen LogP contribution in [0.15, 0.2) is 53.4 Å². The van der Waals surface area contributed by atoms with E-state index in [9.17, 15) is 4.79 Å². The van der Waals surface area contributed by atoms with Crippen molar-refractivity contribution < 1.29 is 9.53 Å². The number of hydrogen-bond acceptors (Lipinski definition) is 5. The van der Waals surface area contributed by atoms with Crippen molar-refractivity contribution in [3.8, 4) is 5.75 Å². The summed E-state index contributed by atoms with van der Waals surface area (Å²) in [5.41, 5.74) is 7.52. The first kappa shape index (κ1) is 20.6. The Morgan fingerprint density at radius 2 is 1.93 bits per heavy atom. The number of rotatable bonds is 7. The first-order chi connectivity index (χ1) is 13.7. The van der Waals surface area contributed by atoms with E-state index in [1.54, 1.807) is 11.8 Å². The molecule has 28 heavy (non-hydrogen) atoms. The maximum absolute atomic E-state index is 13.0. The zero-order valence-electron chi connectivity index (χ0n) is 16.5. The van der Waals surface area contributed by atoms with Gasteiger partial charge in [-0.3, -0.25) is 4.79 Å². The van der Waals surface area contributed by atoms with Gasteiger partial charge in [-0.05, 0) is 55.8 Å². The van der Waals surface area contributed by atoms with Crippen molar-refractivity contribution in [2.45, 2.75) is 18.2 Å². The molecule has 0 aliphatic carbocycles. The lowest BCUT2D eigenvalue weighted by atomic mass is 10.2. The Hall–Kier alpha value is -2.18. The maximum Gasteiger partial charge on any atom is 0.253 e. The van der Waals surface area contributed by atoms with Crippen molar-refractivity contribution in [3.05, 3.63) is 54.1 Å². The lowest BCUT2D eigenvalue weighted by Gasteiger charge is -2.24. The molecule has 0 aromatic heterocycles. The predicted molar refractivity (Wildman–Crippen MR) is 117 cm³/mol. The maximum atomic E-state index is 13.0. The minimum Gasteiger partial charge on any atom is -0.494 e. The highest BCUT2D eigenvalue weighted by Gasteiger charge is 2.20. The zero-order valence-corrected chi connectivity index (χ0v) is 17.3. The smallest absolute Gasteiger partial charge is 0.253 e. The molecule has 3 rings (SSSR count). The average Bonchev–Trinajstić information content (AvgIpc) is 2.99. The number of thioether (sulfide) groups is 1. The summed E-state index contributed by atoms with van der Waals surface area (Å²) in [6, 6.07) is 16.1. The third kappa shape index (κ3) is 5.42. The van der Waals surface area contributed by atoms with Crippen LogP contribution in [0.5, 0.6) is 5.75 Å². The Bertz CT molecular complexity index is 767. The van der Waals surface area contributed by atoms with Crippen LogP contribution < -0.4 is 15.4 Å². The number of benzene rings is 2. The Kier molecular flexibility index (Phi) is 7.62. The van der Waals surface area contributed by atoms with E-state index in [4.69, 9.17) is 10.5 Å². The van der Waals surface area contributed by atoms with Gasteiger partial charge in [0.25, 0.3) is 5.91 Å². The lowest BCUT2D eigenvalue weighted by molar-refractivity contribution is 0.0767. The third-order valence-electron chi connectivity index (χ3n) is 4.76. The van der Waals surface area contributed by atoms with Gasteiger partial charge in [-0.25, -0.2) is 0 Å². The molecule has 1 fully saturated rings. The molecule has 1 heterocycles. The van der Waals surface area contributed by atoms with E-state index in [-0.39, 0.29) is 5.91 Å². The SMILES string of the molecule is CCOc1ccc(N2CCCN(C(=O)c3cccc(SCCN)c3)CC2)cc1. The van der Waals surface area contributed by atoms with Crippen LogP contribution in [0.1, 0.15) is 23.7 Å². The van der Waals surface area contributed by atoms with E-state index >= 15 is 0 Å². The molecule has 0 bridgehead atoms. The molecule has 0 unspecified atom stereocenters. The van der Waals surface area contributed by atoms with Crippen molar-refractivity contribution in [2.24, 2.45) is 5.73 Å². The van der Waals surface area contributed by atoms with Gasteiger partial charge >= 0.3 is 0 Å². The van der Waals surface area contributed by atoms with Crippen LogP contribution in [0, 0.1) is 0 Å². The minimum atomic E-state index is 0.115. The van der Waals surface area contributed by atoms with Gasteiger partial charge in [0.05, 0.1) is 6.61 Å². The molecule has 0 radical (unpaired) electrons. The first-order valence-electron chi connectivity index (χ1n) is 9.91. The molecule has 0 saturated carbocycles. The fraction of sp³-hybridized carbons (Fsp3) is 0.409. The Labute approximate surface area is 171 Å². The Morgan fingerprint density at radius 3 is 2.68 bits per heavy atom. The van der Waals surface area contributed by atoms with E-state index in [1.807, 2.05) is 48.2 Å². The van der Waals surface area contributed by atoms with Crippen LogP contribution in [0.3, 0.4) is 0 Å². The van der Waals surface area contributed by atoms with E-state index in [1.165, 1.54) is 5.69 Å². The normalized spacial score (nSPS) is 14.6. The predicted octanol–water partition coefficient (Wildman–Crippen LogP) is 3.49. The molecule has 2 aromatic rings. The topological polar surface area (TPSA) is 58.8 Å². The highest BCUT2D eigenvalue weighted by Crippen LogP contribution is 2.22. The second-order valence-corrected chi connectivity index (χ2v) is 7.89. The van der Waals surface area contributed by atoms with Crippen molar-refractivity contribution in [1.82, 2.24) is 4.90 Å². The molecule has 1 aliphatic rings. The molecule has 2 aromatic carbocycles. The van der Waals surface area contributed by atoms with Gasteiger partial charge in [0.1, 0.15) is 5.75 Å². The number of carbonyl (C=O) groups excluding carboxylic acids is 1. The van der Waals surface area contributed by atoms with Gasteiger partial charge in [-0.15, -0.1) is 11.8 Å². The van der Waals surface area contributed by atoms with Gasteiger partial charge in [0.15, 0.2) is 0 Å². The fourth-order valence-corrected chi connectivity index (χ4v) is 4.12. The molecule has 5 nitrogen and oxygen atoms in total. The molecule has 0 spiro atoms. The standard InChI is InChI=1S/C22H29N3O2S/c1-2-27-20-9-7-19(8-10-20)24-12-4-13-25(15-14-24)22(26)18-5-3-6-21(17-18)28-16-11-23/h3,5-10,17H,2,4,11-16,23H2,1H3. The number of nitrogens with zero attached hydrogens (tertiary/aromatic N) is 2. The van der Waals surface area contributed by atoms with Gasteiger partial charge in [0.2, 0.25) is 0 Å². The van der Waals surface area contributed by atoms with Gasteiger partial charge in [-0.2, -0.15) is 0 Å². The summed E-state index contributed by atoms with van der Waals surface area (Å²) in [6.07, 6.45) is 0.959. The monoisotopic (exact) mass is 399 g/mol. The van der Waals surface area contributed by atoms with Gasteiger partial charge in [-0.1, -0.05) is 6.07 Å². The minimum absolute atomic E-state index is 0.115. The largest absolute Gasteiger partial charge is 0.494 e. The van der Waals surface area contributed by atoms with Crippen LogP contribution >= 0.6 is 11.8 Å². The summed E-state index contributed by atoms with van der Waals surface area (Å²) in [5, 5.41) is 0. The van der Waals surface area contributed by atoms with Crippen LogP contribution in [0.25, 0.3) is 0 Å². The number of ether oxygens (including phenoxy) is 1. The summed E-state index contributed by atoms with van der Waals surface area (Å²) >= 11 is 1.69. The second kappa shape index (κ2) is 10.4. The molecule has 1 saturated heterocycles. The zero-order chi connectivity index (χ0) is 19.8. The van der Waals surface area contributed by atoms with E-state index in [0.717, 1.165) is 54.6 Å².